The maximum atomic E-state index is 7.59. The zero-order chi connectivity index (χ0) is 11.4. The molecule has 0 aliphatic rings. The first kappa shape index (κ1) is 11.5. The van der Waals surface area contributed by atoms with Crippen molar-refractivity contribution in [1.29, 1.82) is 5.41 Å². The van der Waals surface area contributed by atoms with Crippen molar-refractivity contribution in [3.63, 3.8) is 0 Å². The SMILES string of the molecule is CN(C)C(=N)C(N)=Nc1cccc(Cl)c1. The fraction of sp³-hybridized carbons (Fsp3) is 0.200. The monoisotopic (exact) mass is 224 g/mol. The van der Waals surface area contributed by atoms with Crippen LogP contribution in [0.3, 0.4) is 0 Å². The summed E-state index contributed by atoms with van der Waals surface area (Å²) < 4.78 is 0. The zero-order valence-electron chi connectivity index (χ0n) is 8.66. The van der Waals surface area contributed by atoms with Crippen molar-refractivity contribution in [3.8, 4) is 0 Å². The van der Waals surface area contributed by atoms with Gasteiger partial charge in [0.05, 0.1) is 5.69 Å². The maximum Gasteiger partial charge on any atom is 0.166 e. The van der Waals surface area contributed by atoms with Crippen LogP contribution in [0.1, 0.15) is 0 Å². The van der Waals surface area contributed by atoms with Gasteiger partial charge >= 0.3 is 0 Å². The largest absolute Gasteiger partial charge is 0.381 e. The second-order valence-electron chi connectivity index (χ2n) is 3.22. The molecule has 0 unspecified atom stereocenters. The highest BCUT2D eigenvalue weighted by Gasteiger charge is 2.04. The Morgan fingerprint density at radius 2 is 2.13 bits per heavy atom. The third-order valence-corrected chi connectivity index (χ3v) is 1.98. The molecule has 0 saturated carbocycles. The Morgan fingerprint density at radius 1 is 1.47 bits per heavy atom. The van der Waals surface area contributed by atoms with Gasteiger partial charge in [-0.15, -0.1) is 0 Å². The summed E-state index contributed by atoms with van der Waals surface area (Å²) in [5.74, 6) is 0.345. The lowest BCUT2D eigenvalue weighted by molar-refractivity contribution is 0.626. The van der Waals surface area contributed by atoms with Gasteiger partial charge in [0.1, 0.15) is 0 Å². The van der Waals surface area contributed by atoms with Crippen LogP contribution in [-0.4, -0.2) is 30.7 Å². The van der Waals surface area contributed by atoms with E-state index in [0.717, 1.165) is 0 Å². The molecule has 1 aromatic carbocycles. The lowest BCUT2D eigenvalue weighted by Gasteiger charge is -2.12. The highest BCUT2D eigenvalue weighted by atomic mass is 35.5. The Labute approximate surface area is 93.9 Å². The number of halogens is 1. The molecule has 5 heteroatoms. The van der Waals surface area contributed by atoms with Crippen LogP contribution in [0.2, 0.25) is 5.02 Å². The van der Waals surface area contributed by atoms with Gasteiger partial charge in [-0.1, -0.05) is 17.7 Å². The van der Waals surface area contributed by atoms with E-state index in [1.807, 2.05) is 0 Å². The van der Waals surface area contributed by atoms with Crippen LogP contribution in [0.4, 0.5) is 5.69 Å². The van der Waals surface area contributed by atoms with E-state index in [-0.39, 0.29) is 11.7 Å². The number of hydrogen-bond donors (Lipinski definition) is 2. The van der Waals surface area contributed by atoms with Crippen molar-refractivity contribution in [2.45, 2.75) is 0 Å². The average Bonchev–Trinajstić information content (AvgIpc) is 2.16. The lowest BCUT2D eigenvalue weighted by atomic mass is 10.3. The summed E-state index contributed by atoms with van der Waals surface area (Å²) in [6, 6.07) is 7.01. The normalized spacial score (nSPS) is 11.3. The summed E-state index contributed by atoms with van der Waals surface area (Å²) in [7, 11) is 3.48. The van der Waals surface area contributed by atoms with Gasteiger partial charge in [-0.3, -0.25) is 5.41 Å². The van der Waals surface area contributed by atoms with E-state index in [1.165, 1.54) is 0 Å². The first-order valence-corrected chi connectivity index (χ1v) is 4.74. The molecule has 0 radical (unpaired) electrons. The average molecular weight is 225 g/mol. The van der Waals surface area contributed by atoms with Gasteiger partial charge in [-0.2, -0.15) is 0 Å². The molecule has 0 amide bonds. The van der Waals surface area contributed by atoms with Gasteiger partial charge in [0.2, 0.25) is 0 Å². The van der Waals surface area contributed by atoms with E-state index in [9.17, 15) is 0 Å². The highest BCUT2D eigenvalue weighted by Crippen LogP contribution is 2.17. The van der Waals surface area contributed by atoms with Crippen LogP contribution in [0.5, 0.6) is 0 Å². The molecule has 15 heavy (non-hydrogen) atoms. The summed E-state index contributed by atoms with van der Waals surface area (Å²) >= 11 is 5.80. The van der Waals surface area contributed by atoms with Gasteiger partial charge in [0, 0.05) is 19.1 Å². The summed E-state index contributed by atoms with van der Waals surface area (Å²) in [5.41, 5.74) is 6.29. The minimum absolute atomic E-state index is 0.169. The number of likely N-dealkylation sites (N-methyl/N-ethyl adjacent to an activating group) is 1. The Kier molecular flexibility index (Phi) is 3.68. The Balaban J connectivity index is 2.92. The van der Waals surface area contributed by atoms with E-state index in [1.54, 1.807) is 43.3 Å². The second-order valence-corrected chi connectivity index (χ2v) is 3.66. The zero-order valence-corrected chi connectivity index (χ0v) is 9.42. The van der Waals surface area contributed by atoms with Crippen molar-refractivity contribution < 1.29 is 0 Å². The van der Waals surface area contributed by atoms with E-state index in [4.69, 9.17) is 22.7 Å². The number of hydrogen-bond acceptors (Lipinski definition) is 2. The number of benzene rings is 1. The predicted octanol–water partition coefficient (Wildman–Crippen LogP) is 1.87. The van der Waals surface area contributed by atoms with Crippen molar-refractivity contribution >= 4 is 29.0 Å². The minimum atomic E-state index is 0.169. The topological polar surface area (TPSA) is 65.5 Å². The van der Waals surface area contributed by atoms with Crippen LogP contribution in [0, 0.1) is 5.41 Å². The van der Waals surface area contributed by atoms with Gasteiger partial charge < -0.3 is 10.6 Å². The summed E-state index contributed by atoms with van der Waals surface area (Å²) in [6.07, 6.45) is 0. The molecule has 4 nitrogen and oxygen atoms in total. The van der Waals surface area contributed by atoms with Crippen molar-refractivity contribution in [1.82, 2.24) is 4.90 Å². The molecule has 0 aromatic heterocycles. The summed E-state index contributed by atoms with van der Waals surface area (Å²) in [6.45, 7) is 0. The third kappa shape index (κ3) is 3.25. The fourth-order valence-corrected chi connectivity index (χ4v) is 1.15. The van der Waals surface area contributed by atoms with Crippen LogP contribution in [0.25, 0.3) is 0 Å². The maximum absolute atomic E-state index is 7.59. The molecule has 80 valence electrons. The molecular formula is C10H13ClN4. The highest BCUT2D eigenvalue weighted by molar-refractivity contribution is 6.38. The van der Waals surface area contributed by atoms with Crippen molar-refractivity contribution in [2.75, 3.05) is 14.1 Å². The first-order valence-electron chi connectivity index (χ1n) is 4.36. The van der Waals surface area contributed by atoms with Gasteiger partial charge in [0.25, 0.3) is 0 Å². The molecule has 3 N–H and O–H groups in total. The number of aliphatic imine (C=N–C) groups is 1. The number of amidine groups is 2. The van der Waals surface area contributed by atoms with Gasteiger partial charge in [-0.25, -0.2) is 4.99 Å². The van der Waals surface area contributed by atoms with Gasteiger partial charge in [0.15, 0.2) is 11.7 Å². The minimum Gasteiger partial charge on any atom is -0.381 e. The number of nitrogens with two attached hydrogens (primary N) is 1. The number of nitrogens with one attached hydrogen (secondary N) is 1. The quantitative estimate of drug-likeness (QED) is 0.565. The van der Waals surface area contributed by atoms with Gasteiger partial charge in [-0.05, 0) is 18.2 Å². The molecule has 0 aliphatic heterocycles. The van der Waals surface area contributed by atoms with Crippen LogP contribution in [-0.2, 0) is 0 Å². The Morgan fingerprint density at radius 3 is 2.67 bits per heavy atom. The fourth-order valence-electron chi connectivity index (χ4n) is 0.967. The van der Waals surface area contributed by atoms with Crippen LogP contribution >= 0.6 is 11.6 Å². The van der Waals surface area contributed by atoms with E-state index in [2.05, 4.69) is 4.99 Å². The van der Waals surface area contributed by atoms with Crippen LogP contribution in [0.15, 0.2) is 29.3 Å². The molecule has 1 rings (SSSR count). The molecule has 0 heterocycles. The molecule has 0 spiro atoms. The number of rotatable bonds is 1. The second kappa shape index (κ2) is 4.79. The molecule has 0 atom stereocenters. The van der Waals surface area contributed by atoms with E-state index < -0.39 is 0 Å². The van der Waals surface area contributed by atoms with Crippen LogP contribution < -0.4 is 5.73 Å². The third-order valence-electron chi connectivity index (χ3n) is 1.75. The standard InChI is InChI=1S/C10H13ClN4/c1-15(2)10(13)9(12)14-8-5-3-4-7(11)6-8/h3-6,13H,1-2H3,(H2,12,14). The van der Waals surface area contributed by atoms with Crippen molar-refractivity contribution in [3.05, 3.63) is 29.3 Å². The Hall–Kier alpha value is -1.55. The van der Waals surface area contributed by atoms with E-state index in [0.29, 0.717) is 10.7 Å². The molecule has 0 bridgehead atoms. The molecule has 0 aliphatic carbocycles. The van der Waals surface area contributed by atoms with E-state index >= 15 is 0 Å². The molecule has 0 fully saturated rings. The first-order chi connectivity index (χ1) is 7.00. The Bertz CT molecular complexity index is 398. The number of nitrogens with zero attached hydrogens (tertiary/aromatic N) is 2. The van der Waals surface area contributed by atoms with Crippen molar-refractivity contribution in [2.24, 2.45) is 10.7 Å². The summed E-state index contributed by atoms with van der Waals surface area (Å²) in [4.78, 5) is 5.67. The molecule has 1 aromatic rings. The lowest BCUT2D eigenvalue weighted by Crippen LogP contribution is -2.34. The summed E-state index contributed by atoms with van der Waals surface area (Å²) in [5, 5.41) is 8.19. The predicted molar refractivity (Wildman–Crippen MR) is 64.1 cm³/mol. The smallest absolute Gasteiger partial charge is 0.166 e. The molecular weight excluding hydrogens is 212 g/mol. The molecule has 0 saturated heterocycles.